The number of aliphatic imine (C=N–C) groups is 1. The van der Waals surface area contributed by atoms with E-state index in [2.05, 4.69) is 15.3 Å². The number of aryl methyl sites for hydroxylation is 1. The van der Waals surface area contributed by atoms with Crippen molar-refractivity contribution in [3.05, 3.63) is 35.3 Å². The van der Waals surface area contributed by atoms with Gasteiger partial charge in [0.15, 0.2) is 5.96 Å². The number of fused-ring (bicyclic) bond motifs is 1. The number of carbonyl (C=O) groups is 2. The van der Waals surface area contributed by atoms with E-state index in [0.29, 0.717) is 37.0 Å². The minimum absolute atomic E-state index is 0.137. The number of carbonyl (C=O) groups excluding carboxylic acids is 2. The number of nitrogens with zero attached hydrogens (tertiary/aromatic N) is 2. The van der Waals surface area contributed by atoms with E-state index in [-0.39, 0.29) is 23.6 Å². The number of rotatable bonds is 1. The number of amides is 2. The number of hydrogen-bond donors (Lipinski definition) is 3. The number of aromatic amines is 1. The van der Waals surface area contributed by atoms with Gasteiger partial charge in [-0.3, -0.25) is 14.9 Å². The quantitative estimate of drug-likeness (QED) is 0.720. The van der Waals surface area contributed by atoms with Gasteiger partial charge in [0.1, 0.15) is 17.1 Å². The maximum Gasteiger partial charge on any atom is 0.270 e. The lowest BCUT2D eigenvalue weighted by molar-refractivity contribution is -0.125. The first-order chi connectivity index (χ1) is 11.9. The van der Waals surface area contributed by atoms with Gasteiger partial charge in [0.2, 0.25) is 0 Å². The van der Waals surface area contributed by atoms with E-state index in [1.165, 1.54) is 12.1 Å². The number of piperidine rings is 1. The van der Waals surface area contributed by atoms with E-state index in [1.807, 2.05) is 0 Å². The van der Waals surface area contributed by atoms with E-state index in [1.54, 1.807) is 17.9 Å². The number of benzene rings is 1. The van der Waals surface area contributed by atoms with Crippen molar-refractivity contribution in [1.82, 2.24) is 15.2 Å². The lowest BCUT2D eigenvalue weighted by atomic mass is 9.88. The molecule has 130 valence electrons. The second kappa shape index (κ2) is 5.30. The Morgan fingerprint density at radius 2 is 2.08 bits per heavy atom. The van der Waals surface area contributed by atoms with Gasteiger partial charge in [-0.25, -0.2) is 9.38 Å². The highest BCUT2D eigenvalue weighted by Crippen LogP contribution is 2.31. The summed E-state index contributed by atoms with van der Waals surface area (Å²) in [6.45, 7) is 2.62. The zero-order valence-corrected chi connectivity index (χ0v) is 13.7. The number of aromatic nitrogens is 1. The lowest BCUT2D eigenvalue weighted by Gasteiger charge is -2.35. The molecule has 2 aliphatic rings. The summed E-state index contributed by atoms with van der Waals surface area (Å²) in [5, 5.41) is 3.23. The van der Waals surface area contributed by atoms with Gasteiger partial charge >= 0.3 is 0 Å². The van der Waals surface area contributed by atoms with Crippen LogP contribution in [0.2, 0.25) is 0 Å². The molecule has 8 heteroatoms. The average molecular weight is 343 g/mol. The smallest absolute Gasteiger partial charge is 0.270 e. The summed E-state index contributed by atoms with van der Waals surface area (Å²) < 4.78 is 13.4. The molecule has 1 fully saturated rings. The number of likely N-dealkylation sites (tertiary alicyclic amines) is 1. The number of H-pyrrole nitrogens is 1. The van der Waals surface area contributed by atoms with Crippen LogP contribution in [0.15, 0.2) is 23.2 Å². The summed E-state index contributed by atoms with van der Waals surface area (Å²) in [6.07, 6.45) is 0.859. The van der Waals surface area contributed by atoms with E-state index in [0.717, 1.165) is 11.1 Å². The highest BCUT2D eigenvalue weighted by molar-refractivity contribution is 6.07. The molecule has 4 rings (SSSR count). The van der Waals surface area contributed by atoms with Crippen LogP contribution in [0.3, 0.4) is 0 Å². The second-order valence-electron chi connectivity index (χ2n) is 6.59. The normalized spacial score (nSPS) is 19.4. The fourth-order valence-electron chi connectivity index (χ4n) is 3.63. The third-order valence-electron chi connectivity index (χ3n) is 5.11. The van der Waals surface area contributed by atoms with Crippen LogP contribution in [0.1, 0.15) is 28.9 Å². The highest BCUT2D eigenvalue weighted by Gasteiger charge is 2.46. The molecule has 0 radical (unpaired) electrons. The molecule has 4 N–H and O–H groups in total. The summed E-state index contributed by atoms with van der Waals surface area (Å²) in [4.78, 5) is 33.9. The van der Waals surface area contributed by atoms with Crippen LogP contribution in [0.25, 0.3) is 10.9 Å². The summed E-state index contributed by atoms with van der Waals surface area (Å²) in [5.41, 5.74) is 6.65. The average Bonchev–Trinajstić information content (AvgIpc) is 3.05. The van der Waals surface area contributed by atoms with Crippen molar-refractivity contribution in [2.24, 2.45) is 10.7 Å². The number of nitrogens with two attached hydrogens (primary N) is 1. The van der Waals surface area contributed by atoms with Gasteiger partial charge in [-0.2, -0.15) is 0 Å². The standard InChI is InChI=1S/C17H18FN5O2/c1-9-11-8-10(18)2-3-12(11)20-13(9)14(24)23-6-4-17(5-7-23)15(25)21-16(19)22-17/h2-3,8,20H,4-7H2,1H3,(H3,19,21,22,25). The highest BCUT2D eigenvalue weighted by atomic mass is 19.1. The van der Waals surface area contributed by atoms with Gasteiger partial charge in [0, 0.05) is 24.0 Å². The Labute approximate surface area is 143 Å². The van der Waals surface area contributed by atoms with Crippen molar-refractivity contribution in [3.8, 4) is 0 Å². The Bertz CT molecular complexity index is 925. The number of halogens is 1. The zero-order valence-electron chi connectivity index (χ0n) is 13.7. The molecule has 3 heterocycles. The van der Waals surface area contributed by atoms with Crippen molar-refractivity contribution >= 4 is 28.7 Å². The molecule has 2 amide bonds. The molecule has 7 nitrogen and oxygen atoms in total. The van der Waals surface area contributed by atoms with Crippen molar-refractivity contribution in [1.29, 1.82) is 0 Å². The molecule has 0 saturated carbocycles. The lowest BCUT2D eigenvalue weighted by Crippen LogP contribution is -2.50. The third-order valence-corrected chi connectivity index (χ3v) is 5.11. The summed E-state index contributed by atoms with van der Waals surface area (Å²) >= 11 is 0. The molecule has 2 aliphatic heterocycles. The predicted octanol–water partition coefficient (Wildman–Crippen LogP) is 1.03. The molecule has 0 unspecified atom stereocenters. The second-order valence-corrected chi connectivity index (χ2v) is 6.59. The molecule has 1 spiro atoms. The van der Waals surface area contributed by atoms with Crippen LogP contribution in [-0.2, 0) is 4.79 Å². The van der Waals surface area contributed by atoms with Crippen molar-refractivity contribution < 1.29 is 14.0 Å². The molecule has 1 aromatic carbocycles. The van der Waals surface area contributed by atoms with Gasteiger partial charge in [0.25, 0.3) is 11.8 Å². The first kappa shape index (κ1) is 15.6. The maximum absolute atomic E-state index is 13.4. The van der Waals surface area contributed by atoms with Crippen LogP contribution >= 0.6 is 0 Å². The monoisotopic (exact) mass is 343 g/mol. The fraction of sp³-hybridized carbons (Fsp3) is 0.353. The first-order valence-corrected chi connectivity index (χ1v) is 8.13. The molecule has 0 bridgehead atoms. The Morgan fingerprint density at radius 3 is 2.72 bits per heavy atom. The van der Waals surface area contributed by atoms with Gasteiger partial charge in [-0.1, -0.05) is 0 Å². The molecule has 2 aromatic rings. The van der Waals surface area contributed by atoms with E-state index in [9.17, 15) is 14.0 Å². The van der Waals surface area contributed by atoms with Crippen molar-refractivity contribution in [2.45, 2.75) is 25.3 Å². The summed E-state index contributed by atoms with van der Waals surface area (Å²) in [5.74, 6) is -0.553. The van der Waals surface area contributed by atoms with Crippen molar-refractivity contribution in [3.63, 3.8) is 0 Å². The van der Waals surface area contributed by atoms with Crippen molar-refractivity contribution in [2.75, 3.05) is 13.1 Å². The summed E-state index contributed by atoms with van der Waals surface area (Å²) in [7, 11) is 0. The van der Waals surface area contributed by atoms with Gasteiger partial charge < -0.3 is 15.6 Å². The third kappa shape index (κ3) is 2.36. The topological polar surface area (TPSA) is 104 Å². The number of guanidine groups is 1. The fourth-order valence-corrected chi connectivity index (χ4v) is 3.63. The van der Waals surface area contributed by atoms with E-state index in [4.69, 9.17) is 5.73 Å². The zero-order chi connectivity index (χ0) is 17.8. The van der Waals surface area contributed by atoms with Gasteiger partial charge in [-0.05, 0) is 43.5 Å². The van der Waals surface area contributed by atoms with Gasteiger partial charge in [-0.15, -0.1) is 0 Å². The largest absolute Gasteiger partial charge is 0.370 e. The van der Waals surface area contributed by atoms with Gasteiger partial charge in [0.05, 0.1) is 0 Å². The maximum atomic E-state index is 13.4. The number of nitrogens with one attached hydrogen (secondary N) is 2. The first-order valence-electron chi connectivity index (χ1n) is 8.13. The Balaban J connectivity index is 1.57. The Morgan fingerprint density at radius 1 is 1.36 bits per heavy atom. The SMILES string of the molecule is Cc1c(C(=O)N2CCC3(CC2)N=C(N)NC3=O)[nH]c2ccc(F)cc12. The molecule has 25 heavy (non-hydrogen) atoms. The minimum atomic E-state index is -0.848. The molecular formula is C17H18FN5O2. The van der Waals surface area contributed by atoms with Crippen LogP contribution in [-0.4, -0.2) is 46.3 Å². The Kier molecular flexibility index (Phi) is 3.31. The predicted molar refractivity (Wildman–Crippen MR) is 90.6 cm³/mol. The number of hydrogen-bond acceptors (Lipinski definition) is 4. The van der Waals surface area contributed by atoms with E-state index < -0.39 is 5.54 Å². The van der Waals surface area contributed by atoms with Crippen LogP contribution < -0.4 is 11.1 Å². The molecule has 1 saturated heterocycles. The molecule has 1 aromatic heterocycles. The molecule has 0 aliphatic carbocycles. The molecule has 0 atom stereocenters. The van der Waals surface area contributed by atoms with Crippen LogP contribution in [0.4, 0.5) is 4.39 Å². The minimum Gasteiger partial charge on any atom is -0.370 e. The molecular weight excluding hydrogens is 325 g/mol. The van der Waals surface area contributed by atoms with Crippen LogP contribution in [0.5, 0.6) is 0 Å². The Hall–Kier alpha value is -2.90. The van der Waals surface area contributed by atoms with E-state index >= 15 is 0 Å². The van der Waals surface area contributed by atoms with Crippen LogP contribution in [0, 0.1) is 12.7 Å². The summed E-state index contributed by atoms with van der Waals surface area (Å²) in [6, 6.07) is 4.40.